The summed E-state index contributed by atoms with van der Waals surface area (Å²) in [5.41, 5.74) is 1.71. The van der Waals surface area contributed by atoms with Crippen molar-refractivity contribution in [2.24, 2.45) is 0 Å². The van der Waals surface area contributed by atoms with E-state index in [0.29, 0.717) is 23.1 Å². The van der Waals surface area contributed by atoms with Gasteiger partial charge in [0, 0.05) is 11.8 Å². The molecule has 2 aromatic carbocycles. The third-order valence-corrected chi connectivity index (χ3v) is 3.94. The Kier molecular flexibility index (Phi) is 5.87. The van der Waals surface area contributed by atoms with Crippen LogP contribution in [0.4, 0.5) is 5.69 Å². The van der Waals surface area contributed by atoms with Gasteiger partial charge in [0.25, 0.3) is 10.7 Å². The molecule has 0 aliphatic heterocycles. The molecule has 0 spiro atoms. The van der Waals surface area contributed by atoms with Crippen molar-refractivity contribution >= 4 is 23.8 Å². The van der Waals surface area contributed by atoms with Crippen LogP contribution in [0.15, 0.2) is 52.9 Å². The van der Waals surface area contributed by atoms with E-state index in [1.54, 1.807) is 31.4 Å². The maximum absolute atomic E-state index is 12.2. The quantitative estimate of drug-likeness (QED) is 0.624. The normalized spacial score (nSPS) is 10.4. The van der Waals surface area contributed by atoms with Crippen LogP contribution < -0.4 is 14.8 Å². The fourth-order valence-electron chi connectivity index (χ4n) is 2.40. The van der Waals surface area contributed by atoms with Crippen LogP contribution in [0.2, 0.25) is 0 Å². The highest BCUT2D eigenvalue weighted by Gasteiger charge is 2.11. The van der Waals surface area contributed by atoms with E-state index in [1.807, 2.05) is 31.2 Å². The number of aromatic nitrogens is 2. The largest absolute Gasteiger partial charge is 0.497 e. The SMILES string of the molecule is COc1cccc(NC(=O)Cn2nc(COc3cccc(C)c3)oc2=S)c1. The van der Waals surface area contributed by atoms with Crippen LogP contribution in [0.25, 0.3) is 0 Å². The summed E-state index contributed by atoms with van der Waals surface area (Å²) in [5.74, 6) is 1.39. The first kappa shape index (κ1) is 18.7. The van der Waals surface area contributed by atoms with Crippen LogP contribution in [0.5, 0.6) is 11.5 Å². The van der Waals surface area contributed by atoms with Gasteiger partial charge in [0.05, 0.1) is 7.11 Å². The number of methoxy groups -OCH3 is 1. The molecular weight excluding hydrogens is 366 g/mol. The summed E-state index contributed by atoms with van der Waals surface area (Å²) in [4.78, 5) is 12.3. The van der Waals surface area contributed by atoms with E-state index < -0.39 is 0 Å². The lowest BCUT2D eigenvalue weighted by Crippen LogP contribution is -2.19. The summed E-state index contributed by atoms with van der Waals surface area (Å²) < 4.78 is 17.5. The van der Waals surface area contributed by atoms with Crippen molar-refractivity contribution in [2.45, 2.75) is 20.1 Å². The minimum Gasteiger partial charge on any atom is -0.497 e. The van der Waals surface area contributed by atoms with Crippen molar-refractivity contribution in [1.82, 2.24) is 9.78 Å². The average molecular weight is 385 g/mol. The highest BCUT2D eigenvalue weighted by atomic mass is 32.1. The second-order valence-electron chi connectivity index (χ2n) is 5.80. The number of nitrogens with zero attached hydrogens (tertiary/aromatic N) is 2. The molecule has 3 rings (SSSR count). The van der Waals surface area contributed by atoms with Crippen LogP contribution in [0.3, 0.4) is 0 Å². The lowest BCUT2D eigenvalue weighted by molar-refractivity contribution is -0.117. The molecule has 0 saturated heterocycles. The molecule has 0 fully saturated rings. The second kappa shape index (κ2) is 8.50. The number of carbonyl (C=O) groups excluding carboxylic acids is 1. The predicted molar refractivity (Wildman–Crippen MR) is 102 cm³/mol. The van der Waals surface area contributed by atoms with Crippen molar-refractivity contribution in [2.75, 3.05) is 12.4 Å². The number of rotatable bonds is 7. The smallest absolute Gasteiger partial charge is 0.287 e. The zero-order valence-electron chi connectivity index (χ0n) is 15.0. The van der Waals surface area contributed by atoms with E-state index in [9.17, 15) is 4.79 Å². The average Bonchev–Trinajstić information content (AvgIpc) is 2.99. The lowest BCUT2D eigenvalue weighted by atomic mass is 10.2. The number of anilines is 1. The Balaban J connectivity index is 1.60. The van der Waals surface area contributed by atoms with Crippen molar-refractivity contribution in [3.8, 4) is 11.5 Å². The Morgan fingerprint density at radius 1 is 1.22 bits per heavy atom. The van der Waals surface area contributed by atoms with Gasteiger partial charge in [-0.1, -0.05) is 18.2 Å². The van der Waals surface area contributed by atoms with E-state index >= 15 is 0 Å². The number of hydrogen-bond donors (Lipinski definition) is 1. The highest BCUT2D eigenvalue weighted by molar-refractivity contribution is 7.71. The molecule has 1 aromatic heterocycles. The number of amides is 1. The molecule has 0 bridgehead atoms. The molecule has 1 heterocycles. The lowest BCUT2D eigenvalue weighted by Gasteiger charge is -2.06. The van der Waals surface area contributed by atoms with Crippen molar-refractivity contribution in [3.63, 3.8) is 0 Å². The van der Waals surface area contributed by atoms with Gasteiger partial charge in [-0.15, -0.1) is 5.10 Å². The minimum atomic E-state index is -0.279. The molecule has 0 radical (unpaired) electrons. The van der Waals surface area contributed by atoms with Gasteiger partial charge < -0.3 is 19.2 Å². The second-order valence-corrected chi connectivity index (χ2v) is 6.15. The molecule has 7 nitrogen and oxygen atoms in total. The molecule has 0 aliphatic rings. The maximum atomic E-state index is 12.2. The van der Waals surface area contributed by atoms with Gasteiger partial charge >= 0.3 is 0 Å². The van der Waals surface area contributed by atoms with E-state index in [-0.39, 0.29) is 23.9 Å². The number of ether oxygens (including phenoxy) is 2. The maximum Gasteiger partial charge on any atom is 0.287 e. The third-order valence-electron chi connectivity index (χ3n) is 3.65. The summed E-state index contributed by atoms with van der Waals surface area (Å²) >= 11 is 5.13. The van der Waals surface area contributed by atoms with Gasteiger partial charge in [-0.2, -0.15) is 0 Å². The van der Waals surface area contributed by atoms with E-state index in [1.165, 1.54) is 4.68 Å². The van der Waals surface area contributed by atoms with Crippen LogP contribution in [0.1, 0.15) is 11.5 Å². The Hall–Kier alpha value is -3.13. The molecule has 3 aromatic rings. The topological polar surface area (TPSA) is 78.5 Å². The summed E-state index contributed by atoms with van der Waals surface area (Å²) in [6.07, 6.45) is 0. The standard InChI is InChI=1S/C19H19N3O4S/c1-13-5-3-8-16(9-13)25-12-18-21-22(19(27)26-18)11-17(23)20-14-6-4-7-15(10-14)24-2/h3-10H,11-12H2,1-2H3,(H,20,23). The monoisotopic (exact) mass is 385 g/mol. The minimum absolute atomic E-state index is 0.0655. The predicted octanol–water partition coefficient (Wildman–Crippen LogP) is 3.74. The van der Waals surface area contributed by atoms with Crippen molar-refractivity contribution in [1.29, 1.82) is 0 Å². The fourth-order valence-corrected chi connectivity index (χ4v) is 2.60. The summed E-state index contributed by atoms with van der Waals surface area (Å²) in [6, 6.07) is 14.7. The van der Waals surface area contributed by atoms with Gasteiger partial charge in [0.15, 0.2) is 6.61 Å². The van der Waals surface area contributed by atoms with Gasteiger partial charge in [-0.05, 0) is 49.0 Å². The van der Waals surface area contributed by atoms with E-state index in [0.717, 1.165) is 5.56 Å². The van der Waals surface area contributed by atoms with Gasteiger partial charge in [0.2, 0.25) is 5.91 Å². The Bertz CT molecular complexity index is 996. The van der Waals surface area contributed by atoms with Gasteiger partial charge in [-0.3, -0.25) is 4.79 Å². The Labute approximate surface area is 161 Å². The summed E-state index contributed by atoms with van der Waals surface area (Å²) in [5, 5.41) is 6.96. The number of benzene rings is 2. The molecule has 0 saturated carbocycles. The zero-order valence-corrected chi connectivity index (χ0v) is 15.8. The molecule has 8 heteroatoms. The van der Waals surface area contributed by atoms with Gasteiger partial charge in [-0.25, -0.2) is 4.68 Å². The molecule has 1 amide bonds. The van der Waals surface area contributed by atoms with Crippen LogP contribution in [-0.2, 0) is 17.9 Å². The first-order chi connectivity index (χ1) is 13.0. The Morgan fingerprint density at radius 3 is 2.78 bits per heavy atom. The molecule has 0 atom stereocenters. The Morgan fingerprint density at radius 2 is 2.00 bits per heavy atom. The van der Waals surface area contributed by atoms with E-state index in [4.69, 9.17) is 26.1 Å². The number of hydrogen-bond acceptors (Lipinski definition) is 6. The van der Waals surface area contributed by atoms with E-state index in [2.05, 4.69) is 10.4 Å². The summed E-state index contributed by atoms with van der Waals surface area (Å²) in [6.45, 7) is 2.04. The van der Waals surface area contributed by atoms with Crippen molar-refractivity contribution in [3.05, 3.63) is 64.8 Å². The molecule has 0 unspecified atom stereocenters. The van der Waals surface area contributed by atoms with Crippen LogP contribution in [0, 0.1) is 11.8 Å². The first-order valence-electron chi connectivity index (χ1n) is 8.23. The number of carbonyl (C=O) groups is 1. The molecular formula is C19H19N3O4S. The van der Waals surface area contributed by atoms with Crippen LogP contribution in [-0.4, -0.2) is 22.8 Å². The first-order valence-corrected chi connectivity index (χ1v) is 8.64. The molecule has 1 N–H and O–H groups in total. The third kappa shape index (κ3) is 5.18. The zero-order chi connectivity index (χ0) is 19.2. The van der Waals surface area contributed by atoms with Crippen molar-refractivity contribution < 1.29 is 18.7 Å². The molecule has 140 valence electrons. The molecule has 27 heavy (non-hydrogen) atoms. The summed E-state index contributed by atoms with van der Waals surface area (Å²) in [7, 11) is 1.57. The fraction of sp³-hybridized carbons (Fsp3) is 0.211. The number of aryl methyl sites for hydroxylation is 1. The van der Waals surface area contributed by atoms with Gasteiger partial charge in [0.1, 0.15) is 18.0 Å². The number of nitrogens with one attached hydrogen (secondary N) is 1. The molecule has 0 aliphatic carbocycles. The van der Waals surface area contributed by atoms with Crippen LogP contribution >= 0.6 is 12.2 Å². The highest BCUT2D eigenvalue weighted by Crippen LogP contribution is 2.17.